The lowest BCUT2D eigenvalue weighted by Gasteiger charge is -2.07. The van der Waals surface area contributed by atoms with E-state index in [4.69, 9.17) is 4.74 Å². The Morgan fingerprint density at radius 2 is 1.51 bits per heavy atom. The molecule has 8 heteroatoms. The first-order valence-corrected chi connectivity index (χ1v) is 11.8. The third-order valence-corrected chi connectivity index (χ3v) is 6.85. The van der Waals surface area contributed by atoms with Gasteiger partial charge < -0.3 is 15.0 Å². The van der Waals surface area contributed by atoms with Crippen LogP contribution in [0.3, 0.4) is 0 Å². The Morgan fingerprint density at radius 1 is 0.857 bits per heavy atom. The first kappa shape index (κ1) is 23.1. The van der Waals surface area contributed by atoms with E-state index in [1.807, 2.05) is 36.4 Å². The fraction of sp³-hybridized carbons (Fsp3) is 0.148. The molecule has 5 rings (SSSR count). The van der Waals surface area contributed by atoms with E-state index < -0.39 is 11.7 Å². The van der Waals surface area contributed by atoms with E-state index in [-0.39, 0.29) is 0 Å². The molecule has 0 saturated heterocycles. The summed E-state index contributed by atoms with van der Waals surface area (Å²) >= 11 is 1.55. The Morgan fingerprint density at radius 3 is 2.17 bits per heavy atom. The third kappa shape index (κ3) is 5.23. The van der Waals surface area contributed by atoms with Gasteiger partial charge in [0, 0.05) is 18.0 Å². The number of ether oxygens (including phenoxy) is 1. The fourth-order valence-electron chi connectivity index (χ4n) is 3.80. The van der Waals surface area contributed by atoms with Gasteiger partial charge in [0.1, 0.15) is 11.6 Å². The molecule has 0 spiro atoms. The summed E-state index contributed by atoms with van der Waals surface area (Å²) in [5, 5.41) is 3.45. The van der Waals surface area contributed by atoms with E-state index >= 15 is 0 Å². The summed E-state index contributed by atoms with van der Waals surface area (Å²) in [4.78, 5) is 9.43. The SMILES string of the molecule is COc1ccc(CNCc2ccc(-c3ccc(-c4nc5ccc(C(F)(F)F)cc5[nH]4)s3)cc2)cc1. The highest BCUT2D eigenvalue weighted by Gasteiger charge is 2.30. The van der Waals surface area contributed by atoms with Gasteiger partial charge in [0.05, 0.1) is 28.6 Å². The lowest BCUT2D eigenvalue weighted by atomic mass is 10.1. The van der Waals surface area contributed by atoms with E-state index in [0.29, 0.717) is 16.9 Å². The van der Waals surface area contributed by atoms with Gasteiger partial charge in [-0.05, 0) is 59.2 Å². The number of alkyl halides is 3. The zero-order chi connectivity index (χ0) is 24.4. The van der Waals surface area contributed by atoms with Crippen molar-refractivity contribution in [2.24, 2.45) is 0 Å². The van der Waals surface area contributed by atoms with E-state index in [9.17, 15) is 13.2 Å². The Labute approximate surface area is 204 Å². The fourth-order valence-corrected chi connectivity index (χ4v) is 4.76. The Kier molecular flexibility index (Phi) is 6.32. The monoisotopic (exact) mass is 493 g/mol. The van der Waals surface area contributed by atoms with Gasteiger partial charge in [-0.25, -0.2) is 4.98 Å². The van der Waals surface area contributed by atoms with Crippen LogP contribution in [-0.2, 0) is 19.3 Å². The summed E-state index contributed by atoms with van der Waals surface area (Å²) in [5.74, 6) is 1.41. The number of nitrogens with zero attached hydrogens (tertiary/aromatic N) is 1. The van der Waals surface area contributed by atoms with Crippen LogP contribution in [0.2, 0.25) is 0 Å². The quantitative estimate of drug-likeness (QED) is 0.251. The summed E-state index contributed by atoms with van der Waals surface area (Å²) in [6, 6.07) is 23.8. The van der Waals surface area contributed by atoms with Crippen LogP contribution in [0.1, 0.15) is 16.7 Å². The van der Waals surface area contributed by atoms with Crippen molar-refractivity contribution in [2.75, 3.05) is 7.11 Å². The van der Waals surface area contributed by atoms with Gasteiger partial charge in [-0.2, -0.15) is 13.2 Å². The summed E-state index contributed by atoms with van der Waals surface area (Å²) < 4.78 is 44.2. The molecule has 0 aliphatic heterocycles. The van der Waals surface area contributed by atoms with E-state index in [0.717, 1.165) is 46.3 Å². The van der Waals surface area contributed by atoms with Crippen LogP contribution >= 0.6 is 11.3 Å². The van der Waals surface area contributed by atoms with Crippen LogP contribution in [-0.4, -0.2) is 17.1 Å². The zero-order valence-corrected chi connectivity index (χ0v) is 19.6. The molecule has 35 heavy (non-hydrogen) atoms. The van der Waals surface area contributed by atoms with Crippen LogP contribution in [0.5, 0.6) is 5.75 Å². The average Bonchev–Trinajstić information content (AvgIpc) is 3.51. The second kappa shape index (κ2) is 9.56. The molecule has 0 unspecified atom stereocenters. The number of fused-ring (bicyclic) bond motifs is 1. The molecule has 178 valence electrons. The maximum Gasteiger partial charge on any atom is 0.416 e. The molecular weight excluding hydrogens is 471 g/mol. The van der Waals surface area contributed by atoms with Gasteiger partial charge in [-0.15, -0.1) is 11.3 Å². The molecule has 0 fully saturated rings. The van der Waals surface area contributed by atoms with Crippen LogP contribution in [0, 0.1) is 0 Å². The minimum Gasteiger partial charge on any atom is -0.497 e. The summed E-state index contributed by atoms with van der Waals surface area (Å²) in [7, 11) is 1.66. The standard InChI is InChI=1S/C27H22F3N3OS/c1-34-21-9-4-18(5-10-21)16-31-15-17-2-6-19(7-3-17)24-12-13-25(35-24)26-32-22-11-8-20(27(28,29)30)14-23(22)33-26/h2-14,31H,15-16H2,1H3,(H,32,33). The molecule has 0 aliphatic rings. The number of hydrogen-bond donors (Lipinski definition) is 2. The van der Waals surface area contributed by atoms with Crippen molar-refractivity contribution in [1.29, 1.82) is 0 Å². The predicted octanol–water partition coefficient (Wildman–Crippen LogP) is 7.28. The van der Waals surface area contributed by atoms with E-state index in [2.05, 4.69) is 39.6 Å². The molecule has 0 radical (unpaired) electrons. The van der Waals surface area contributed by atoms with Crippen molar-refractivity contribution >= 4 is 22.4 Å². The molecule has 0 aliphatic carbocycles. The molecular formula is C27H22F3N3OS. The molecule has 2 aromatic heterocycles. The number of methoxy groups -OCH3 is 1. The van der Waals surface area contributed by atoms with Gasteiger partial charge in [0.15, 0.2) is 0 Å². The molecule has 0 atom stereocenters. The van der Waals surface area contributed by atoms with Crippen LogP contribution in [0.4, 0.5) is 13.2 Å². The highest BCUT2D eigenvalue weighted by Crippen LogP contribution is 2.35. The van der Waals surface area contributed by atoms with Crippen molar-refractivity contribution in [3.63, 3.8) is 0 Å². The summed E-state index contributed by atoms with van der Waals surface area (Å²) in [5.41, 5.74) is 3.64. The number of H-pyrrole nitrogens is 1. The Hall–Kier alpha value is -3.62. The molecule has 0 saturated carbocycles. The second-order valence-corrected chi connectivity index (χ2v) is 9.21. The van der Waals surface area contributed by atoms with Crippen LogP contribution in [0.15, 0.2) is 78.9 Å². The highest BCUT2D eigenvalue weighted by molar-refractivity contribution is 7.18. The highest BCUT2D eigenvalue weighted by atomic mass is 32.1. The average molecular weight is 494 g/mol. The number of halogens is 3. The largest absolute Gasteiger partial charge is 0.497 e. The number of thiophene rings is 1. The van der Waals surface area contributed by atoms with Crippen molar-refractivity contribution in [1.82, 2.24) is 15.3 Å². The maximum atomic E-state index is 13.0. The normalized spacial score (nSPS) is 11.8. The molecule has 0 bridgehead atoms. The minimum atomic E-state index is -4.38. The molecule has 5 aromatic rings. The van der Waals surface area contributed by atoms with Gasteiger partial charge in [0.2, 0.25) is 0 Å². The summed E-state index contributed by atoms with van der Waals surface area (Å²) in [6.45, 7) is 1.52. The first-order valence-electron chi connectivity index (χ1n) is 11.0. The van der Waals surface area contributed by atoms with Crippen molar-refractivity contribution in [2.45, 2.75) is 19.3 Å². The second-order valence-electron chi connectivity index (χ2n) is 8.13. The lowest BCUT2D eigenvalue weighted by molar-refractivity contribution is -0.137. The number of nitrogens with one attached hydrogen (secondary N) is 2. The van der Waals surface area contributed by atoms with Gasteiger partial charge >= 0.3 is 6.18 Å². The van der Waals surface area contributed by atoms with Crippen LogP contribution < -0.4 is 10.1 Å². The lowest BCUT2D eigenvalue weighted by Crippen LogP contribution is -2.12. The van der Waals surface area contributed by atoms with Crippen molar-refractivity contribution in [3.8, 4) is 26.9 Å². The number of benzene rings is 3. The van der Waals surface area contributed by atoms with Gasteiger partial charge in [0.25, 0.3) is 0 Å². The number of rotatable bonds is 7. The predicted molar refractivity (Wildman–Crippen MR) is 133 cm³/mol. The zero-order valence-electron chi connectivity index (χ0n) is 18.8. The number of aromatic nitrogens is 2. The smallest absolute Gasteiger partial charge is 0.416 e. The van der Waals surface area contributed by atoms with Crippen molar-refractivity contribution < 1.29 is 17.9 Å². The van der Waals surface area contributed by atoms with E-state index in [1.165, 1.54) is 17.2 Å². The number of aromatic amines is 1. The number of hydrogen-bond acceptors (Lipinski definition) is 4. The van der Waals surface area contributed by atoms with Crippen molar-refractivity contribution in [3.05, 3.63) is 95.6 Å². The molecule has 0 amide bonds. The molecule has 2 N–H and O–H groups in total. The maximum absolute atomic E-state index is 13.0. The first-order chi connectivity index (χ1) is 16.9. The van der Waals surface area contributed by atoms with Gasteiger partial charge in [-0.1, -0.05) is 36.4 Å². The van der Waals surface area contributed by atoms with Gasteiger partial charge in [-0.3, -0.25) is 0 Å². The summed E-state index contributed by atoms with van der Waals surface area (Å²) in [6.07, 6.45) is -4.38. The molecule has 2 heterocycles. The Bertz CT molecular complexity index is 1440. The topological polar surface area (TPSA) is 49.9 Å². The van der Waals surface area contributed by atoms with E-state index in [1.54, 1.807) is 18.4 Å². The molecule has 4 nitrogen and oxygen atoms in total. The minimum absolute atomic E-state index is 0.372. The Balaban J connectivity index is 1.24. The van der Waals surface area contributed by atoms with Crippen LogP contribution in [0.25, 0.3) is 32.2 Å². The third-order valence-electron chi connectivity index (χ3n) is 5.70. The number of imidazole rings is 1. The molecule has 3 aromatic carbocycles.